The molecule has 0 atom stereocenters. The summed E-state index contributed by atoms with van der Waals surface area (Å²) in [6.07, 6.45) is 0. The van der Waals surface area contributed by atoms with Crippen molar-refractivity contribution in [2.75, 3.05) is 4.90 Å². The van der Waals surface area contributed by atoms with Crippen LogP contribution in [0.4, 0.5) is 17.1 Å². The summed E-state index contributed by atoms with van der Waals surface area (Å²) in [5, 5.41) is 11.2. The van der Waals surface area contributed by atoms with E-state index < -0.39 is 0 Å². The van der Waals surface area contributed by atoms with E-state index in [0.29, 0.717) is 0 Å². The number of aromatic nitrogens is 1. The highest BCUT2D eigenvalue weighted by Crippen LogP contribution is 2.45. The number of benzene rings is 9. The van der Waals surface area contributed by atoms with Gasteiger partial charge in [0.05, 0.1) is 22.6 Å². The molecule has 0 N–H and O–H groups in total. The summed E-state index contributed by atoms with van der Waals surface area (Å²) in [4.78, 5) is 7.67. The predicted molar refractivity (Wildman–Crippen MR) is 233 cm³/mol. The van der Waals surface area contributed by atoms with Crippen LogP contribution in [-0.4, -0.2) is 4.98 Å². The topological polar surface area (TPSA) is 16.1 Å². The minimum absolute atomic E-state index is 1.02. The van der Waals surface area contributed by atoms with Crippen LogP contribution in [0.2, 0.25) is 0 Å². The minimum atomic E-state index is 1.02. The third-order valence-corrected chi connectivity index (χ3v) is 12.0. The molecule has 2 heterocycles. The van der Waals surface area contributed by atoms with Gasteiger partial charge in [-0.25, -0.2) is 4.98 Å². The molecule has 0 fully saturated rings. The molecular formula is C51H32N2S. The van der Waals surface area contributed by atoms with Crippen molar-refractivity contribution in [3.05, 3.63) is 194 Å². The Morgan fingerprint density at radius 2 is 0.889 bits per heavy atom. The van der Waals surface area contributed by atoms with Gasteiger partial charge in [-0.1, -0.05) is 158 Å². The van der Waals surface area contributed by atoms with Crippen LogP contribution in [0.5, 0.6) is 0 Å². The second-order valence-corrected chi connectivity index (χ2v) is 14.9. The molecule has 0 amide bonds. The van der Waals surface area contributed by atoms with Gasteiger partial charge in [0.2, 0.25) is 0 Å². The molecule has 11 aromatic rings. The Bertz CT molecular complexity index is 3120. The van der Waals surface area contributed by atoms with Crippen molar-refractivity contribution in [2.24, 2.45) is 0 Å². The van der Waals surface area contributed by atoms with Gasteiger partial charge in [-0.15, -0.1) is 11.3 Å². The first-order valence-electron chi connectivity index (χ1n) is 18.4. The van der Waals surface area contributed by atoms with Crippen LogP contribution >= 0.6 is 11.3 Å². The second-order valence-electron chi connectivity index (χ2n) is 13.9. The first-order chi connectivity index (χ1) is 26.8. The molecule has 0 aliphatic rings. The van der Waals surface area contributed by atoms with Gasteiger partial charge >= 0.3 is 0 Å². The van der Waals surface area contributed by atoms with Gasteiger partial charge in [0.15, 0.2) is 0 Å². The summed E-state index contributed by atoms with van der Waals surface area (Å²) < 4.78 is 2.64. The van der Waals surface area contributed by atoms with Crippen molar-refractivity contribution in [3.63, 3.8) is 0 Å². The molecular weight excluding hydrogens is 673 g/mol. The van der Waals surface area contributed by atoms with E-state index in [1.807, 2.05) is 11.3 Å². The van der Waals surface area contributed by atoms with Crippen molar-refractivity contribution < 1.29 is 0 Å². The number of anilines is 3. The fraction of sp³-hybridized carbons (Fsp3) is 0. The molecule has 2 aromatic heterocycles. The van der Waals surface area contributed by atoms with Crippen molar-refractivity contribution >= 4 is 91.8 Å². The number of pyridine rings is 1. The van der Waals surface area contributed by atoms with E-state index in [1.54, 1.807) is 0 Å². The van der Waals surface area contributed by atoms with Crippen LogP contribution in [0.3, 0.4) is 0 Å². The van der Waals surface area contributed by atoms with E-state index in [4.69, 9.17) is 4.98 Å². The summed E-state index contributed by atoms with van der Waals surface area (Å²) in [5.74, 6) is 0. The summed E-state index contributed by atoms with van der Waals surface area (Å²) in [6, 6.07) is 70.2. The number of para-hydroxylation sites is 1. The summed E-state index contributed by atoms with van der Waals surface area (Å²) in [5.41, 5.74) is 8.92. The largest absolute Gasteiger partial charge is 0.309 e. The molecule has 0 aliphatic heterocycles. The molecule has 3 heteroatoms. The molecule has 0 unspecified atom stereocenters. The average Bonchev–Trinajstić information content (AvgIpc) is 3.63. The van der Waals surface area contributed by atoms with Crippen LogP contribution in [0.15, 0.2) is 194 Å². The van der Waals surface area contributed by atoms with E-state index in [0.717, 1.165) is 33.8 Å². The Morgan fingerprint density at radius 1 is 0.370 bits per heavy atom. The van der Waals surface area contributed by atoms with Crippen LogP contribution in [0.1, 0.15) is 0 Å². The quantitative estimate of drug-likeness (QED) is 0.166. The lowest BCUT2D eigenvalue weighted by Crippen LogP contribution is -2.11. The standard InChI is InChI=1S/C51H32N2S/c1-3-15-39-35(11-1)13-9-20-46(39)53(47-21-10-14-36-12-2-4-16-40(36)47)38-29-27-34(28-30-38)33-23-25-37(26-24-33)50-44-32-31-42-41-17-6-8-22-48(41)54-51(42)49(44)43-18-5-7-19-45(43)52-50/h1-32H. The third kappa shape index (κ3) is 4.90. The van der Waals surface area contributed by atoms with E-state index in [-0.39, 0.29) is 0 Å². The zero-order valence-electron chi connectivity index (χ0n) is 29.3. The minimum Gasteiger partial charge on any atom is -0.309 e. The van der Waals surface area contributed by atoms with Gasteiger partial charge in [-0.2, -0.15) is 0 Å². The Morgan fingerprint density at radius 3 is 1.57 bits per heavy atom. The summed E-state index contributed by atoms with van der Waals surface area (Å²) in [7, 11) is 0. The first-order valence-corrected chi connectivity index (χ1v) is 19.2. The average molecular weight is 705 g/mol. The monoisotopic (exact) mass is 704 g/mol. The molecule has 252 valence electrons. The van der Waals surface area contributed by atoms with Crippen molar-refractivity contribution in [1.29, 1.82) is 0 Å². The number of hydrogen-bond acceptors (Lipinski definition) is 3. The van der Waals surface area contributed by atoms with Gasteiger partial charge < -0.3 is 4.90 Å². The SMILES string of the molecule is c1ccc2c(N(c3ccc(-c4ccc(-c5nc6ccccc6c6c5ccc5c7ccccc7sc56)cc4)cc3)c3cccc4ccccc34)cccc2c1. The van der Waals surface area contributed by atoms with Crippen molar-refractivity contribution in [1.82, 2.24) is 4.98 Å². The molecule has 0 radical (unpaired) electrons. The maximum Gasteiger partial charge on any atom is 0.0788 e. The molecule has 0 bridgehead atoms. The Balaban J connectivity index is 1.01. The zero-order valence-corrected chi connectivity index (χ0v) is 30.1. The van der Waals surface area contributed by atoms with E-state index >= 15 is 0 Å². The molecule has 0 saturated carbocycles. The maximum atomic E-state index is 5.27. The predicted octanol–water partition coefficient (Wildman–Crippen LogP) is 14.9. The van der Waals surface area contributed by atoms with Crippen LogP contribution in [-0.2, 0) is 0 Å². The molecule has 9 aromatic carbocycles. The highest BCUT2D eigenvalue weighted by molar-refractivity contribution is 7.26. The Kier molecular flexibility index (Phi) is 7.07. The van der Waals surface area contributed by atoms with Gasteiger partial charge in [-0.3, -0.25) is 0 Å². The molecule has 11 rings (SSSR count). The smallest absolute Gasteiger partial charge is 0.0788 e. The van der Waals surface area contributed by atoms with Crippen LogP contribution in [0, 0.1) is 0 Å². The number of fused-ring (bicyclic) bond motifs is 9. The van der Waals surface area contributed by atoms with E-state index in [1.165, 1.54) is 69.0 Å². The third-order valence-electron chi connectivity index (χ3n) is 10.8. The first kappa shape index (κ1) is 30.8. The van der Waals surface area contributed by atoms with Gasteiger partial charge in [0, 0.05) is 58.4 Å². The van der Waals surface area contributed by atoms with Crippen molar-refractivity contribution in [2.45, 2.75) is 0 Å². The summed E-state index contributed by atoms with van der Waals surface area (Å²) in [6.45, 7) is 0. The lowest BCUT2D eigenvalue weighted by molar-refractivity contribution is 1.31. The number of nitrogens with zero attached hydrogens (tertiary/aromatic N) is 2. The Labute approximate surface area is 316 Å². The molecule has 54 heavy (non-hydrogen) atoms. The normalized spacial score (nSPS) is 11.7. The molecule has 0 saturated heterocycles. The fourth-order valence-corrected chi connectivity index (χ4v) is 9.54. The van der Waals surface area contributed by atoms with Crippen molar-refractivity contribution in [3.8, 4) is 22.4 Å². The molecule has 2 nitrogen and oxygen atoms in total. The van der Waals surface area contributed by atoms with E-state index in [2.05, 4.69) is 199 Å². The van der Waals surface area contributed by atoms with Gasteiger partial charge in [-0.05, 0) is 58.3 Å². The van der Waals surface area contributed by atoms with Gasteiger partial charge in [0.25, 0.3) is 0 Å². The maximum absolute atomic E-state index is 5.27. The second kappa shape index (κ2) is 12.4. The molecule has 0 aliphatic carbocycles. The lowest BCUT2D eigenvalue weighted by atomic mass is 9.96. The highest BCUT2D eigenvalue weighted by Gasteiger charge is 2.19. The highest BCUT2D eigenvalue weighted by atomic mass is 32.1. The Hall–Kier alpha value is -6.81. The summed E-state index contributed by atoms with van der Waals surface area (Å²) >= 11 is 1.88. The number of thiophene rings is 1. The van der Waals surface area contributed by atoms with Crippen LogP contribution in [0.25, 0.3) is 85.8 Å². The number of rotatable bonds is 5. The molecule has 0 spiro atoms. The van der Waals surface area contributed by atoms with Crippen LogP contribution < -0.4 is 4.90 Å². The van der Waals surface area contributed by atoms with E-state index in [9.17, 15) is 0 Å². The zero-order chi connectivity index (χ0) is 35.6. The lowest BCUT2D eigenvalue weighted by Gasteiger charge is -2.28. The fourth-order valence-electron chi connectivity index (χ4n) is 8.27. The number of hydrogen-bond donors (Lipinski definition) is 0. The van der Waals surface area contributed by atoms with Gasteiger partial charge in [0.1, 0.15) is 0 Å².